The van der Waals surface area contributed by atoms with Gasteiger partial charge in [0.05, 0.1) is 0 Å². The average molecular weight is 117 g/mol. The van der Waals surface area contributed by atoms with Gasteiger partial charge >= 0.3 is 0 Å². The predicted octanol–water partition coefficient (Wildman–Crippen LogP) is 1.15. The molecule has 0 atom stereocenters. The number of nitrogens with zero attached hydrogens (tertiary/aromatic N) is 1. The maximum absolute atomic E-state index is 8.01. The van der Waals surface area contributed by atoms with Gasteiger partial charge in [0.2, 0.25) is 0 Å². The van der Waals surface area contributed by atoms with E-state index in [0.717, 1.165) is 0 Å². The first-order valence-electron chi connectivity index (χ1n) is 2.38. The zero-order chi connectivity index (χ0) is 6.53. The molecular formula is C7H3NO. The van der Waals surface area contributed by atoms with E-state index in [-0.39, 0.29) is 0 Å². The Kier molecular flexibility index (Phi) is 1.57. The van der Waals surface area contributed by atoms with Crippen LogP contribution in [0.25, 0.3) is 0 Å². The van der Waals surface area contributed by atoms with Gasteiger partial charge in [-0.15, -0.1) is 5.26 Å². The van der Waals surface area contributed by atoms with E-state index in [2.05, 4.69) is 16.9 Å². The summed E-state index contributed by atoms with van der Waals surface area (Å²) in [5.41, 5.74) is 0. The first-order valence-corrected chi connectivity index (χ1v) is 2.38. The van der Waals surface area contributed by atoms with Crippen LogP contribution in [-0.4, -0.2) is 0 Å². The molecule has 0 aliphatic carbocycles. The van der Waals surface area contributed by atoms with E-state index in [1.807, 2.05) is 0 Å². The van der Waals surface area contributed by atoms with E-state index in [9.17, 15) is 0 Å². The minimum atomic E-state index is 0.403. The smallest absolute Gasteiger partial charge is 0.292 e. The van der Waals surface area contributed by atoms with Crippen LogP contribution >= 0.6 is 0 Å². The molecule has 2 nitrogen and oxygen atoms in total. The van der Waals surface area contributed by atoms with Crippen molar-refractivity contribution in [3.05, 3.63) is 30.3 Å². The average Bonchev–Trinajstić information content (AvgIpc) is 1.91. The van der Waals surface area contributed by atoms with Crippen molar-refractivity contribution >= 4 is 0 Å². The van der Waals surface area contributed by atoms with E-state index < -0.39 is 0 Å². The molecule has 0 aromatic heterocycles. The van der Waals surface area contributed by atoms with Crippen LogP contribution in [0.5, 0.6) is 5.75 Å². The summed E-state index contributed by atoms with van der Waals surface area (Å²) in [6.45, 7) is 0. The lowest BCUT2D eigenvalue weighted by Gasteiger charge is -1.84. The van der Waals surface area contributed by atoms with Crippen LogP contribution in [0, 0.1) is 23.6 Å². The molecule has 9 heavy (non-hydrogen) atoms. The highest BCUT2D eigenvalue weighted by Crippen LogP contribution is 2.01. The van der Waals surface area contributed by atoms with E-state index in [1.165, 1.54) is 6.26 Å². The highest BCUT2D eigenvalue weighted by Gasteiger charge is 1.83. The number of ether oxygens (including phenoxy) is 1. The third-order valence-electron chi connectivity index (χ3n) is 0.778. The number of rotatable bonds is 1. The largest absolute Gasteiger partial charge is 0.379 e. The summed E-state index contributed by atoms with van der Waals surface area (Å²) in [5, 5.41) is 8.01. The first-order chi connectivity index (χ1) is 4.43. The second-order valence-corrected chi connectivity index (χ2v) is 1.35. The zero-order valence-corrected chi connectivity index (χ0v) is 4.59. The Balaban J connectivity index is 2.76. The summed E-state index contributed by atoms with van der Waals surface area (Å²) in [7, 11) is 0. The van der Waals surface area contributed by atoms with E-state index >= 15 is 0 Å². The Morgan fingerprint density at radius 1 is 1.67 bits per heavy atom. The van der Waals surface area contributed by atoms with Crippen molar-refractivity contribution in [2.45, 2.75) is 0 Å². The van der Waals surface area contributed by atoms with Crippen LogP contribution in [0.2, 0.25) is 0 Å². The Labute approximate surface area is 53.3 Å². The fraction of sp³-hybridized carbons (Fsp3) is 0. The molecule has 0 aliphatic heterocycles. The van der Waals surface area contributed by atoms with E-state index in [0.29, 0.717) is 5.75 Å². The normalized spacial score (nSPS) is 7.00. The second kappa shape index (κ2) is 2.59. The van der Waals surface area contributed by atoms with Crippen LogP contribution in [-0.2, 0) is 0 Å². The van der Waals surface area contributed by atoms with Gasteiger partial charge < -0.3 is 4.74 Å². The quantitative estimate of drug-likeness (QED) is 0.517. The SMILES string of the molecule is N#COc1c#cccc1. The topological polar surface area (TPSA) is 33.0 Å². The Hall–Kier alpha value is -1.67. The monoisotopic (exact) mass is 117 g/mol. The summed E-state index contributed by atoms with van der Waals surface area (Å²) in [6.07, 6.45) is 1.53. The number of hydrogen-bond donors (Lipinski definition) is 0. The molecule has 42 valence electrons. The van der Waals surface area contributed by atoms with Gasteiger partial charge in [-0.05, 0) is 24.3 Å². The van der Waals surface area contributed by atoms with Gasteiger partial charge in [-0.25, -0.2) is 0 Å². The zero-order valence-electron chi connectivity index (χ0n) is 4.59. The first kappa shape index (κ1) is 5.47. The van der Waals surface area contributed by atoms with Gasteiger partial charge in [-0.3, -0.25) is 0 Å². The van der Waals surface area contributed by atoms with Gasteiger partial charge in [-0.1, -0.05) is 6.07 Å². The van der Waals surface area contributed by atoms with Crippen molar-refractivity contribution < 1.29 is 4.74 Å². The maximum atomic E-state index is 8.01. The van der Waals surface area contributed by atoms with Crippen molar-refractivity contribution in [1.29, 1.82) is 5.26 Å². The minimum Gasteiger partial charge on any atom is -0.379 e. The van der Waals surface area contributed by atoms with Crippen LogP contribution in [0.3, 0.4) is 0 Å². The molecule has 0 saturated heterocycles. The molecule has 0 N–H and O–H groups in total. The van der Waals surface area contributed by atoms with Crippen molar-refractivity contribution in [1.82, 2.24) is 0 Å². The highest BCUT2D eigenvalue weighted by atomic mass is 16.5. The van der Waals surface area contributed by atoms with Crippen molar-refractivity contribution in [2.24, 2.45) is 0 Å². The Bertz CT molecular complexity index is 212. The fourth-order valence-corrected chi connectivity index (χ4v) is 0.447. The summed E-state index contributed by atoms with van der Waals surface area (Å²) in [6, 6.07) is 10.3. The van der Waals surface area contributed by atoms with Gasteiger partial charge in [0, 0.05) is 0 Å². The summed E-state index contributed by atoms with van der Waals surface area (Å²) in [4.78, 5) is 0. The van der Waals surface area contributed by atoms with Crippen LogP contribution < -0.4 is 4.74 Å². The predicted molar refractivity (Wildman–Crippen MR) is 30.4 cm³/mol. The molecule has 0 bridgehead atoms. The molecule has 0 aliphatic rings. The van der Waals surface area contributed by atoms with Crippen molar-refractivity contribution in [2.75, 3.05) is 0 Å². The molecule has 0 saturated carbocycles. The molecule has 1 aromatic carbocycles. The van der Waals surface area contributed by atoms with E-state index in [1.54, 1.807) is 18.2 Å². The summed E-state index contributed by atoms with van der Waals surface area (Å²) < 4.78 is 4.42. The highest BCUT2D eigenvalue weighted by molar-refractivity contribution is 5.15. The second-order valence-electron chi connectivity index (χ2n) is 1.35. The molecule has 2 heteroatoms. The van der Waals surface area contributed by atoms with Crippen LogP contribution in [0.1, 0.15) is 0 Å². The molecule has 0 unspecified atom stereocenters. The molecule has 0 amide bonds. The van der Waals surface area contributed by atoms with Crippen molar-refractivity contribution in [3.8, 4) is 12.0 Å². The van der Waals surface area contributed by atoms with Crippen molar-refractivity contribution in [3.63, 3.8) is 0 Å². The molecule has 0 fully saturated rings. The van der Waals surface area contributed by atoms with Gasteiger partial charge in [0.15, 0.2) is 5.75 Å². The summed E-state index contributed by atoms with van der Waals surface area (Å²) >= 11 is 0. The third kappa shape index (κ3) is 1.36. The molecule has 0 heterocycles. The van der Waals surface area contributed by atoms with Crippen LogP contribution in [0.4, 0.5) is 0 Å². The molecule has 1 rings (SSSR count). The van der Waals surface area contributed by atoms with Gasteiger partial charge in [0.25, 0.3) is 6.26 Å². The Morgan fingerprint density at radius 3 is 3.11 bits per heavy atom. The lowest BCUT2D eigenvalue weighted by molar-refractivity contribution is 0.507. The standard InChI is InChI=1S/C7H3NO/c8-6-9-7-4-2-1-3-5-7/h1-2,4H. The van der Waals surface area contributed by atoms with Gasteiger partial charge in [-0.2, -0.15) is 0 Å². The van der Waals surface area contributed by atoms with Gasteiger partial charge in [0.1, 0.15) is 0 Å². The molecular weight excluding hydrogens is 114 g/mol. The third-order valence-corrected chi connectivity index (χ3v) is 0.778. The number of nitriles is 1. The van der Waals surface area contributed by atoms with E-state index in [4.69, 9.17) is 5.26 Å². The fourth-order valence-electron chi connectivity index (χ4n) is 0.447. The Morgan fingerprint density at radius 2 is 2.56 bits per heavy atom. The molecule has 0 spiro atoms. The lowest BCUT2D eigenvalue weighted by Crippen LogP contribution is -1.76. The molecule has 0 radical (unpaired) electrons. The summed E-state index contributed by atoms with van der Waals surface area (Å²) in [5.74, 6) is 0.403. The molecule has 1 aromatic rings. The number of hydrogen-bond acceptors (Lipinski definition) is 2. The van der Waals surface area contributed by atoms with Crippen LogP contribution in [0.15, 0.2) is 18.2 Å². The lowest BCUT2D eigenvalue weighted by atomic mass is 10.4. The maximum Gasteiger partial charge on any atom is 0.292 e. The minimum absolute atomic E-state index is 0.403.